The third-order valence-electron chi connectivity index (χ3n) is 3.40. The lowest BCUT2D eigenvalue weighted by molar-refractivity contribution is -0.0000900. The molecule has 2 rings (SSSR count). The van der Waals surface area contributed by atoms with Gasteiger partial charge in [-0.25, -0.2) is 0 Å². The molecule has 2 saturated heterocycles. The molecule has 0 aromatic carbocycles. The van der Waals surface area contributed by atoms with Crippen LogP contribution in [0.5, 0.6) is 0 Å². The first-order valence-corrected chi connectivity index (χ1v) is 4.57. The molecule has 0 aromatic heterocycles. The van der Waals surface area contributed by atoms with Gasteiger partial charge in [-0.15, -0.1) is 6.42 Å². The first kappa shape index (κ1) is 8.10. The van der Waals surface area contributed by atoms with Gasteiger partial charge in [0.1, 0.15) is 5.60 Å². The fraction of sp³-hybridized carbons (Fsp3) is 0.800. The van der Waals surface area contributed by atoms with Gasteiger partial charge in [0, 0.05) is 24.9 Å². The minimum absolute atomic E-state index is 0.518. The van der Waals surface area contributed by atoms with Gasteiger partial charge < -0.3 is 10.0 Å². The predicted molar refractivity (Wildman–Crippen MR) is 47.6 cm³/mol. The summed E-state index contributed by atoms with van der Waals surface area (Å²) in [5.41, 5.74) is -0.807. The van der Waals surface area contributed by atoms with E-state index in [9.17, 15) is 5.11 Å². The Morgan fingerprint density at radius 3 is 2.33 bits per heavy atom. The van der Waals surface area contributed by atoms with Crippen LogP contribution in [0.25, 0.3) is 0 Å². The Kier molecular flexibility index (Phi) is 1.67. The minimum atomic E-state index is -0.807. The highest BCUT2D eigenvalue weighted by molar-refractivity contribution is 5.14. The molecular weight excluding hydrogens is 150 g/mol. The molecular formula is C10H15NO. The Labute approximate surface area is 73.6 Å². The van der Waals surface area contributed by atoms with Crippen LogP contribution in [-0.4, -0.2) is 34.7 Å². The van der Waals surface area contributed by atoms with E-state index in [1.807, 2.05) is 0 Å². The number of aliphatic hydroxyl groups is 1. The van der Waals surface area contributed by atoms with Gasteiger partial charge in [0.2, 0.25) is 0 Å². The van der Waals surface area contributed by atoms with Crippen molar-refractivity contribution < 1.29 is 5.11 Å². The van der Waals surface area contributed by atoms with Gasteiger partial charge in [0.15, 0.2) is 0 Å². The molecule has 2 nitrogen and oxygen atoms in total. The molecule has 2 fully saturated rings. The first-order chi connectivity index (χ1) is 5.64. The molecule has 2 heterocycles. The fourth-order valence-corrected chi connectivity index (χ4v) is 2.56. The average Bonchev–Trinajstić information content (AvgIpc) is 2.32. The van der Waals surface area contributed by atoms with Crippen LogP contribution in [0, 0.1) is 12.3 Å². The molecule has 0 radical (unpaired) electrons. The van der Waals surface area contributed by atoms with Crippen molar-refractivity contribution in [3.63, 3.8) is 0 Å². The van der Waals surface area contributed by atoms with E-state index in [2.05, 4.69) is 17.9 Å². The van der Waals surface area contributed by atoms with Gasteiger partial charge in [0.25, 0.3) is 0 Å². The third kappa shape index (κ3) is 1.05. The van der Waals surface area contributed by atoms with Gasteiger partial charge in [-0.2, -0.15) is 0 Å². The lowest BCUT2D eigenvalue weighted by atomic mass is 9.87. The van der Waals surface area contributed by atoms with Crippen molar-refractivity contribution in [2.75, 3.05) is 7.05 Å². The quantitative estimate of drug-likeness (QED) is 0.531. The third-order valence-corrected chi connectivity index (χ3v) is 3.40. The van der Waals surface area contributed by atoms with E-state index in [0.29, 0.717) is 12.1 Å². The summed E-state index contributed by atoms with van der Waals surface area (Å²) in [7, 11) is 2.14. The van der Waals surface area contributed by atoms with Gasteiger partial charge >= 0.3 is 0 Å². The fourth-order valence-electron chi connectivity index (χ4n) is 2.56. The van der Waals surface area contributed by atoms with Crippen LogP contribution in [0.2, 0.25) is 0 Å². The molecule has 2 heteroatoms. The summed E-state index contributed by atoms with van der Waals surface area (Å²) in [6, 6.07) is 1.04. The molecule has 2 bridgehead atoms. The van der Waals surface area contributed by atoms with Crippen LogP contribution >= 0.6 is 0 Å². The van der Waals surface area contributed by atoms with E-state index >= 15 is 0 Å². The summed E-state index contributed by atoms with van der Waals surface area (Å²) >= 11 is 0. The molecule has 3 atom stereocenters. The van der Waals surface area contributed by atoms with Crippen LogP contribution in [-0.2, 0) is 0 Å². The van der Waals surface area contributed by atoms with Crippen LogP contribution in [0.4, 0.5) is 0 Å². The van der Waals surface area contributed by atoms with Crippen LogP contribution in [0.1, 0.15) is 25.7 Å². The summed E-state index contributed by atoms with van der Waals surface area (Å²) in [6.45, 7) is 0. The lowest BCUT2D eigenvalue weighted by Gasteiger charge is -2.39. The molecule has 1 unspecified atom stereocenters. The number of nitrogens with zero attached hydrogens (tertiary/aromatic N) is 1. The lowest BCUT2D eigenvalue weighted by Crippen LogP contribution is -2.48. The molecule has 0 aromatic rings. The Balaban J connectivity index is 2.18. The first-order valence-electron chi connectivity index (χ1n) is 4.57. The van der Waals surface area contributed by atoms with Crippen molar-refractivity contribution in [2.24, 2.45) is 0 Å². The Morgan fingerprint density at radius 1 is 1.42 bits per heavy atom. The molecule has 0 aliphatic carbocycles. The summed E-state index contributed by atoms with van der Waals surface area (Å²) in [4.78, 5) is 2.37. The maximum atomic E-state index is 9.92. The summed E-state index contributed by atoms with van der Waals surface area (Å²) in [6.07, 6.45) is 9.24. The normalized spacial score (nSPS) is 47.4. The molecule has 66 valence electrons. The molecule has 2 aliphatic rings. The standard InChI is InChI=1S/C10H15NO/c1-3-10(12)6-8-4-5-9(7-10)11(8)2/h1,8-9,12H,4-7H2,2H3/t8-,9+,10?. The SMILES string of the molecule is C#CC1(O)C[C@H]2CC[C@@H](C1)N2C. The summed E-state index contributed by atoms with van der Waals surface area (Å²) in [5, 5.41) is 9.92. The van der Waals surface area contributed by atoms with Crippen molar-refractivity contribution in [3.05, 3.63) is 0 Å². The second kappa shape index (κ2) is 2.48. The van der Waals surface area contributed by atoms with Gasteiger partial charge in [-0.05, 0) is 19.9 Å². The number of terminal acetylenes is 1. The monoisotopic (exact) mass is 165 g/mol. The summed E-state index contributed by atoms with van der Waals surface area (Å²) < 4.78 is 0. The minimum Gasteiger partial charge on any atom is -0.377 e. The van der Waals surface area contributed by atoms with Gasteiger partial charge in [-0.1, -0.05) is 5.92 Å². The number of rotatable bonds is 0. The van der Waals surface area contributed by atoms with E-state index in [0.717, 1.165) is 12.8 Å². The Hall–Kier alpha value is -0.520. The number of piperidine rings is 1. The van der Waals surface area contributed by atoms with Crippen LogP contribution in [0.15, 0.2) is 0 Å². The Morgan fingerprint density at radius 2 is 1.92 bits per heavy atom. The molecule has 0 saturated carbocycles. The zero-order chi connectivity index (χ0) is 8.77. The molecule has 12 heavy (non-hydrogen) atoms. The zero-order valence-electron chi connectivity index (χ0n) is 7.45. The molecule has 2 aliphatic heterocycles. The van der Waals surface area contributed by atoms with Crippen molar-refractivity contribution >= 4 is 0 Å². The van der Waals surface area contributed by atoms with Gasteiger partial charge in [0.05, 0.1) is 0 Å². The second-order valence-corrected chi connectivity index (χ2v) is 4.13. The van der Waals surface area contributed by atoms with Crippen molar-refractivity contribution in [1.29, 1.82) is 0 Å². The average molecular weight is 165 g/mol. The maximum absolute atomic E-state index is 9.92. The van der Waals surface area contributed by atoms with E-state index < -0.39 is 5.60 Å². The van der Waals surface area contributed by atoms with Crippen molar-refractivity contribution in [3.8, 4) is 12.3 Å². The van der Waals surface area contributed by atoms with E-state index in [4.69, 9.17) is 6.42 Å². The molecule has 1 N–H and O–H groups in total. The Bertz CT molecular complexity index is 216. The largest absolute Gasteiger partial charge is 0.377 e. The highest BCUT2D eigenvalue weighted by Crippen LogP contribution is 2.39. The van der Waals surface area contributed by atoms with Crippen molar-refractivity contribution in [1.82, 2.24) is 4.90 Å². The van der Waals surface area contributed by atoms with Crippen molar-refractivity contribution in [2.45, 2.75) is 43.4 Å². The van der Waals surface area contributed by atoms with Crippen LogP contribution < -0.4 is 0 Å². The van der Waals surface area contributed by atoms with Crippen LogP contribution in [0.3, 0.4) is 0 Å². The highest BCUT2D eigenvalue weighted by atomic mass is 16.3. The number of hydrogen-bond donors (Lipinski definition) is 1. The van der Waals surface area contributed by atoms with E-state index in [1.54, 1.807) is 0 Å². The predicted octanol–water partition coefficient (Wildman–Crippen LogP) is 0.607. The zero-order valence-corrected chi connectivity index (χ0v) is 7.45. The van der Waals surface area contributed by atoms with E-state index in [1.165, 1.54) is 12.8 Å². The van der Waals surface area contributed by atoms with E-state index in [-0.39, 0.29) is 0 Å². The summed E-state index contributed by atoms with van der Waals surface area (Å²) in [5.74, 6) is 2.53. The smallest absolute Gasteiger partial charge is 0.128 e. The second-order valence-electron chi connectivity index (χ2n) is 4.13. The maximum Gasteiger partial charge on any atom is 0.128 e. The molecule has 0 spiro atoms. The molecule has 0 amide bonds. The topological polar surface area (TPSA) is 23.5 Å². The number of fused-ring (bicyclic) bond motifs is 2. The highest BCUT2D eigenvalue weighted by Gasteiger charge is 2.44. The van der Waals surface area contributed by atoms with Gasteiger partial charge in [-0.3, -0.25) is 0 Å². The number of hydrogen-bond acceptors (Lipinski definition) is 2.